The Morgan fingerprint density at radius 1 is 1.42 bits per heavy atom. The van der Waals surface area contributed by atoms with Crippen molar-refractivity contribution in [3.63, 3.8) is 0 Å². The van der Waals surface area contributed by atoms with Crippen molar-refractivity contribution in [1.29, 1.82) is 0 Å². The number of nitro groups is 1. The van der Waals surface area contributed by atoms with Crippen molar-refractivity contribution >= 4 is 34.7 Å². The van der Waals surface area contributed by atoms with Crippen molar-refractivity contribution in [2.45, 2.75) is 0 Å². The Hall–Kier alpha value is -1.22. The fourth-order valence-corrected chi connectivity index (χ4v) is 1.94. The van der Waals surface area contributed by atoms with Crippen LogP contribution in [0.1, 0.15) is 9.67 Å². The van der Waals surface area contributed by atoms with E-state index in [1.807, 2.05) is 0 Å². The molecule has 0 aromatic carbocycles. The number of methoxy groups -OCH3 is 1. The highest BCUT2D eigenvalue weighted by molar-refractivity contribution is 7.17. The molecule has 0 atom stereocenters. The molecule has 0 bridgehead atoms. The second-order valence-electron chi connectivity index (χ2n) is 3.39. The quantitative estimate of drug-likeness (QED) is 0.425. The van der Waals surface area contributed by atoms with Gasteiger partial charge in [0.05, 0.1) is 16.4 Å². The zero-order chi connectivity index (χ0) is 13.4. The van der Waals surface area contributed by atoms with Gasteiger partial charge in [0.1, 0.15) is 0 Å². The van der Waals surface area contributed by atoms with E-state index in [-0.39, 0.29) is 23.3 Å². The van der Waals surface area contributed by atoms with Crippen LogP contribution >= 0.6 is 23.7 Å². The maximum absolute atomic E-state index is 11.6. The molecule has 0 unspecified atom stereocenters. The summed E-state index contributed by atoms with van der Waals surface area (Å²) in [7, 11) is 1.62. The van der Waals surface area contributed by atoms with Gasteiger partial charge in [-0.2, -0.15) is 0 Å². The smallest absolute Gasteiger partial charge is 0.324 e. The minimum absolute atomic E-state index is 0. The van der Waals surface area contributed by atoms with Gasteiger partial charge in [-0.25, -0.2) is 0 Å². The van der Waals surface area contributed by atoms with Gasteiger partial charge in [0.2, 0.25) is 0 Å². The summed E-state index contributed by atoms with van der Waals surface area (Å²) < 4.78 is 4.85. The van der Waals surface area contributed by atoms with Crippen molar-refractivity contribution in [2.24, 2.45) is 0 Å². The molecule has 2 N–H and O–H groups in total. The molecule has 19 heavy (non-hydrogen) atoms. The zero-order valence-electron chi connectivity index (χ0n) is 10.4. The van der Waals surface area contributed by atoms with Crippen LogP contribution in [0.5, 0.6) is 0 Å². The van der Waals surface area contributed by atoms with Gasteiger partial charge in [0.25, 0.3) is 5.91 Å². The predicted octanol–water partition coefficient (Wildman–Crippen LogP) is 1.04. The van der Waals surface area contributed by atoms with Crippen LogP contribution in [0.4, 0.5) is 5.00 Å². The van der Waals surface area contributed by atoms with E-state index in [2.05, 4.69) is 10.6 Å². The first kappa shape index (κ1) is 17.8. The molecule has 7 nitrogen and oxygen atoms in total. The maximum Gasteiger partial charge on any atom is 0.324 e. The van der Waals surface area contributed by atoms with E-state index in [1.54, 1.807) is 7.11 Å². The minimum atomic E-state index is -0.506. The Morgan fingerprint density at radius 2 is 2.16 bits per heavy atom. The Balaban J connectivity index is 0.00000324. The molecule has 0 aliphatic rings. The molecule has 1 rings (SSSR count). The zero-order valence-corrected chi connectivity index (χ0v) is 12.0. The van der Waals surface area contributed by atoms with Crippen LogP contribution in [-0.2, 0) is 4.74 Å². The molecular formula is C10H16ClN3O4S. The van der Waals surface area contributed by atoms with Crippen molar-refractivity contribution in [3.05, 3.63) is 27.1 Å². The van der Waals surface area contributed by atoms with Crippen molar-refractivity contribution < 1.29 is 14.5 Å². The third-order valence-corrected chi connectivity index (χ3v) is 3.10. The summed E-state index contributed by atoms with van der Waals surface area (Å²) in [5, 5.41) is 16.2. The van der Waals surface area contributed by atoms with E-state index in [0.29, 0.717) is 24.6 Å². The number of hydrogen-bond acceptors (Lipinski definition) is 6. The molecular weight excluding hydrogens is 294 g/mol. The lowest BCUT2D eigenvalue weighted by Crippen LogP contribution is -2.32. The van der Waals surface area contributed by atoms with E-state index in [1.165, 1.54) is 12.1 Å². The fourth-order valence-electron chi connectivity index (χ4n) is 1.20. The molecule has 0 radical (unpaired) electrons. The number of rotatable bonds is 8. The van der Waals surface area contributed by atoms with Gasteiger partial charge >= 0.3 is 5.00 Å². The Labute approximate surface area is 120 Å². The highest BCUT2D eigenvalue weighted by atomic mass is 35.5. The van der Waals surface area contributed by atoms with Gasteiger partial charge in [-0.1, -0.05) is 11.3 Å². The number of carbonyl (C=O) groups excluding carboxylic acids is 1. The number of amides is 1. The van der Waals surface area contributed by atoms with Gasteiger partial charge in [0, 0.05) is 32.8 Å². The van der Waals surface area contributed by atoms with Crippen LogP contribution < -0.4 is 10.6 Å². The van der Waals surface area contributed by atoms with Gasteiger partial charge in [-0.15, -0.1) is 12.4 Å². The average molecular weight is 310 g/mol. The number of carbonyl (C=O) groups is 1. The summed E-state index contributed by atoms with van der Waals surface area (Å²) in [6, 6.07) is 2.78. The van der Waals surface area contributed by atoms with Gasteiger partial charge in [-0.05, 0) is 6.07 Å². The lowest BCUT2D eigenvalue weighted by atomic mass is 10.4. The summed E-state index contributed by atoms with van der Waals surface area (Å²) in [5.74, 6) is -0.290. The second kappa shape index (κ2) is 9.68. The van der Waals surface area contributed by atoms with E-state index in [0.717, 1.165) is 17.9 Å². The molecule has 0 spiro atoms. The molecule has 0 aliphatic heterocycles. The summed E-state index contributed by atoms with van der Waals surface area (Å²) >= 11 is 0.869. The van der Waals surface area contributed by atoms with Crippen LogP contribution in [0.25, 0.3) is 0 Å². The molecule has 0 fully saturated rings. The van der Waals surface area contributed by atoms with Crippen molar-refractivity contribution in [3.8, 4) is 0 Å². The molecule has 9 heteroatoms. The highest BCUT2D eigenvalue weighted by Crippen LogP contribution is 2.23. The number of nitrogens with one attached hydrogen (secondary N) is 2. The van der Waals surface area contributed by atoms with Crippen LogP contribution in [0, 0.1) is 10.1 Å². The monoisotopic (exact) mass is 309 g/mol. The van der Waals surface area contributed by atoms with Crippen LogP contribution in [0.2, 0.25) is 0 Å². The lowest BCUT2D eigenvalue weighted by Gasteiger charge is -2.05. The first-order valence-electron chi connectivity index (χ1n) is 5.37. The normalized spacial score (nSPS) is 9.74. The van der Waals surface area contributed by atoms with E-state index in [9.17, 15) is 14.9 Å². The lowest BCUT2D eigenvalue weighted by molar-refractivity contribution is -0.380. The van der Waals surface area contributed by atoms with Crippen molar-refractivity contribution in [1.82, 2.24) is 10.6 Å². The predicted molar refractivity (Wildman–Crippen MR) is 75.3 cm³/mol. The third kappa shape index (κ3) is 6.48. The second-order valence-corrected chi connectivity index (χ2v) is 4.46. The molecule has 0 saturated carbocycles. The number of nitrogens with zero attached hydrogens (tertiary/aromatic N) is 1. The number of hydrogen-bond donors (Lipinski definition) is 2. The molecule has 1 aromatic rings. The van der Waals surface area contributed by atoms with E-state index in [4.69, 9.17) is 4.74 Å². The molecule has 0 aliphatic carbocycles. The van der Waals surface area contributed by atoms with Gasteiger partial charge < -0.3 is 15.4 Å². The summed E-state index contributed by atoms with van der Waals surface area (Å²) in [4.78, 5) is 21.9. The van der Waals surface area contributed by atoms with E-state index < -0.39 is 4.92 Å². The largest absolute Gasteiger partial charge is 0.383 e. The van der Waals surface area contributed by atoms with Crippen molar-refractivity contribution in [2.75, 3.05) is 33.4 Å². The topological polar surface area (TPSA) is 93.5 Å². The van der Waals surface area contributed by atoms with E-state index >= 15 is 0 Å². The SMILES string of the molecule is COCCNCCNC(=O)c1ccc([N+](=O)[O-])s1.Cl. The standard InChI is InChI=1S/C10H15N3O4S.ClH/c1-17-7-6-11-4-5-12-10(14)8-2-3-9(18-8)13(15)16;/h2-3,11H,4-7H2,1H3,(H,12,14);1H. The Bertz CT molecular complexity index is 413. The van der Waals surface area contributed by atoms with Gasteiger partial charge in [-0.3, -0.25) is 14.9 Å². The average Bonchev–Trinajstić information content (AvgIpc) is 2.83. The number of ether oxygens (including phenoxy) is 1. The van der Waals surface area contributed by atoms with Crippen LogP contribution in [0.3, 0.4) is 0 Å². The molecule has 1 heterocycles. The Kier molecular flexibility index (Phi) is 9.06. The summed E-state index contributed by atoms with van der Waals surface area (Å²) in [6.45, 7) is 2.43. The summed E-state index contributed by atoms with van der Waals surface area (Å²) in [6.07, 6.45) is 0. The third-order valence-electron chi connectivity index (χ3n) is 2.07. The van der Waals surface area contributed by atoms with Crippen LogP contribution in [0.15, 0.2) is 12.1 Å². The van der Waals surface area contributed by atoms with Gasteiger partial charge in [0.15, 0.2) is 0 Å². The highest BCUT2D eigenvalue weighted by Gasteiger charge is 2.14. The molecule has 1 aromatic heterocycles. The van der Waals surface area contributed by atoms with Crippen LogP contribution in [-0.4, -0.2) is 44.2 Å². The molecule has 108 valence electrons. The first-order chi connectivity index (χ1) is 8.65. The fraction of sp³-hybridized carbons (Fsp3) is 0.500. The molecule has 0 saturated heterocycles. The molecule has 1 amide bonds. The Morgan fingerprint density at radius 3 is 2.74 bits per heavy atom. The maximum atomic E-state index is 11.6. The summed E-state index contributed by atoms with van der Waals surface area (Å²) in [5.41, 5.74) is 0. The first-order valence-corrected chi connectivity index (χ1v) is 6.19. The number of thiophene rings is 1. The minimum Gasteiger partial charge on any atom is -0.383 e. The number of halogens is 1.